The Balaban J connectivity index is 0.000000255. The van der Waals surface area contributed by atoms with Gasteiger partial charge in [0, 0.05) is 83.5 Å². The minimum absolute atomic E-state index is 0. The second kappa shape index (κ2) is 18.6. The molecule has 0 atom stereocenters. The monoisotopic (exact) mass is 928 g/mol. The Bertz CT molecular complexity index is 1870. The number of hydrogen-bond donors (Lipinski definition) is 6. The van der Waals surface area contributed by atoms with E-state index in [4.69, 9.17) is 30.6 Å². The number of hydrogen-bond acceptors (Lipinski definition) is 6. The van der Waals surface area contributed by atoms with E-state index in [-0.39, 0.29) is 117 Å². The third-order valence-corrected chi connectivity index (χ3v) is 7.04. The molecule has 12 nitrogen and oxygen atoms in total. The number of carbonyl (C=O) groups is 6. The second-order valence-electron chi connectivity index (χ2n) is 10.1. The summed E-state index contributed by atoms with van der Waals surface area (Å²) in [5.41, 5.74) is -1.13. The molecule has 0 spiro atoms. The molecule has 0 amide bonds. The normalized spacial score (nSPS) is 9.84. The van der Waals surface area contributed by atoms with E-state index in [9.17, 15) is 28.8 Å². The molecular weight excluding hydrogens is 905 g/mol. The molecule has 0 aliphatic rings. The zero-order chi connectivity index (χ0) is 35.1. The van der Waals surface area contributed by atoms with Crippen LogP contribution in [0.3, 0.4) is 0 Å². The average Bonchev–Trinajstić information content (AvgIpc) is 3.06. The number of rotatable bonds is 6. The summed E-state index contributed by atoms with van der Waals surface area (Å²) in [6.07, 6.45) is 0. The van der Waals surface area contributed by atoms with Crippen LogP contribution in [0.15, 0.2) is 109 Å². The van der Waals surface area contributed by atoms with E-state index >= 15 is 0 Å². The summed E-state index contributed by atoms with van der Waals surface area (Å²) in [5.74, 6) is -7.40. The van der Waals surface area contributed by atoms with Gasteiger partial charge in [0.1, 0.15) is 0 Å². The van der Waals surface area contributed by atoms with Gasteiger partial charge in [0.05, 0.1) is 33.4 Å². The summed E-state index contributed by atoms with van der Waals surface area (Å²) in [6, 6.07) is 29.4. The van der Waals surface area contributed by atoms with Crippen molar-refractivity contribution in [2.45, 2.75) is 0 Å². The van der Waals surface area contributed by atoms with Crippen molar-refractivity contribution >= 4 is 68.1 Å². The maximum atomic E-state index is 10.9. The third-order valence-electron chi connectivity index (χ3n) is 7.04. The molecule has 0 fully saturated rings. The minimum Gasteiger partial charge on any atom is -0.478 e. The van der Waals surface area contributed by atoms with Gasteiger partial charge in [-0.15, -0.1) is 0 Å². The Morgan fingerprint density at radius 2 is 0.400 bits per heavy atom. The van der Waals surface area contributed by atoms with E-state index < -0.39 is 35.8 Å². The van der Waals surface area contributed by atoms with Crippen molar-refractivity contribution in [2.75, 3.05) is 0 Å². The number of carboxylic acids is 6. The summed E-state index contributed by atoms with van der Waals surface area (Å²) >= 11 is 0. The zero-order valence-electron chi connectivity index (χ0n) is 25.5. The van der Waals surface area contributed by atoms with Gasteiger partial charge in [-0.1, -0.05) is 72.8 Å². The van der Waals surface area contributed by atoms with Crippen LogP contribution >= 0.6 is 0 Å². The van der Waals surface area contributed by atoms with E-state index in [1.165, 1.54) is 36.4 Å². The van der Waals surface area contributed by atoms with Crippen LogP contribution in [-0.4, -0.2) is 66.5 Å². The van der Waals surface area contributed by atoms with Crippen LogP contribution in [0.4, 0.5) is 0 Å². The predicted molar refractivity (Wildman–Crippen MR) is 174 cm³/mol. The quantitative estimate of drug-likeness (QED) is 0.103. The van der Waals surface area contributed by atoms with Crippen molar-refractivity contribution in [1.82, 2.24) is 0 Å². The minimum atomic E-state index is -1.23. The SMILES string of the molecule is O=C(O)c1cc2ccccc2cc1C(=O)O.O=C(O)c1cc2ccccc2cc1C(=O)O.O=C(O)c1cc2ccccc2cc1C(=O)O.[Ce].[Ce]. The molecule has 0 heterocycles. The summed E-state index contributed by atoms with van der Waals surface area (Å²) < 4.78 is 0. The van der Waals surface area contributed by atoms with E-state index in [1.807, 2.05) is 0 Å². The van der Waals surface area contributed by atoms with Gasteiger partial charge in [0.25, 0.3) is 0 Å². The first-order chi connectivity index (χ1) is 22.8. The fraction of sp³-hybridized carbons (Fsp3) is 0. The van der Waals surface area contributed by atoms with Gasteiger partial charge in [-0.25, -0.2) is 28.8 Å². The van der Waals surface area contributed by atoms with E-state index in [2.05, 4.69) is 0 Å². The molecule has 0 radical (unpaired) electrons. The Labute approximate surface area is 349 Å². The van der Waals surface area contributed by atoms with Crippen LogP contribution in [-0.2, 0) is 0 Å². The second-order valence-corrected chi connectivity index (χ2v) is 10.1. The fourth-order valence-electron chi connectivity index (χ4n) is 4.78. The number of carboxylic acid groups (broad SMARTS) is 6. The van der Waals surface area contributed by atoms with E-state index in [0.717, 1.165) is 0 Å². The standard InChI is InChI=1S/3C12H8O4.2Ce/c3*13-11(14)9-5-7-3-1-2-4-8(7)6-10(9)12(15)16;;/h3*1-6H,(H,13,14)(H,15,16);;. The zero-order valence-corrected chi connectivity index (χ0v) is 31.8. The van der Waals surface area contributed by atoms with Crippen LogP contribution in [0.1, 0.15) is 62.1 Å². The molecular formula is C36H24Ce2O12. The van der Waals surface area contributed by atoms with Crippen LogP contribution in [0.25, 0.3) is 32.3 Å². The summed E-state index contributed by atoms with van der Waals surface area (Å²) in [6.45, 7) is 0. The smallest absolute Gasteiger partial charge is 0.336 e. The average molecular weight is 929 g/mol. The van der Waals surface area contributed by atoms with Gasteiger partial charge in [-0.05, 0) is 68.7 Å². The van der Waals surface area contributed by atoms with Crippen molar-refractivity contribution in [3.8, 4) is 0 Å². The molecule has 6 aromatic rings. The van der Waals surface area contributed by atoms with Gasteiger partial charge in [0.2, 0.25) is 0 Å². The van der Waals surface area contributed by atoms with Crippen LogP contribution in [0, 0.1) is 83.5 Å². The first-order valence-electron chi connectivity index (χ1n) is 13.8. The largest absolute Gasteiger partial charge is 0.478 e. The molecule has 0 aliphatic carbocycles. The molecule has 0 aliphatic heterocycles. The Kier molecular flexibility index (Phi) is 15.6. The van der Waals surface area contributed by atoms with E-state index in [0.29, 0.717) is 32.3 Å². The topological polar surface area (TPSA) is 224 Å². The molecule has 0 bridgehead atoms. The van der Waals surface area contributed by atoms with Crippen molar-refractivity contribution in [1.29, 1.82) is 0 Å². The van der Waals surface area contributed by atoms with Gasteiger partial charge in [0.15, 0.2) is 0 Å². The first-order valence-corrected chi connectivity index (χ1v) is 13.8. The van der Waals surface area contributed by atoms with Gasteiger partial charge in [-0.2, -0.15) is 0 Å². The maximum absolute atomic E-state index is 10.9. The molecule has 50 heavy (non-hydrogen) atoms. The molecule has 248 valence electrons. The van der Waals surface area contributed by atoms with Gasteiger partial charge >= 0.3 is 35.8 Å². The molecule has 0 saturated heterocycles. The third kappa shape index (κ3) is 10.1. The van der Waals surface area contributed by atoms with Gasteiger partial charge in [-0.3, -0.25) is 0 Å². The Morgan fingerprint density at radius 1 is 0.280 bits per heavy atom. The van der Waals surface area contributed by atoms with Crippen molar-refractivity contribution < 1.29 is 143 Å². The van der Waals surface area contributed by atoms with Crippen molar-refractivity contribution in [2.24, 2.45) is 0 Å². The van der Waals surface area contributed by atoms with Crippen molar-refractivity contribution in [3.05, 3.63) is 143 Å². The van der Waals surface area contributed by atoms with E-state index in [1.54, 1.807) is 72.8 Å². The van der Waals surface area contributed by atoms with Crippen LogP contribution < -0.4 is 0 Å². The number of aromatic carboxylic acids is 6. The summed E-state index contributed by atoms with van der Waals surface area (Å²) in [7, 11) is 0. The molecule has 14 heteroatoms. The Hall–Kier alpha value is -4.33. The van der Waals surface area contributed by atoms with Crippen LogP contribution in [0.5, 0.6) is 0 Å². The first kappa shape index (κ1) is 41.8. The molecule has 0 aromatic heterocycles. The predicted octanol–water partition coefficient (Wildman–Crippen LogP) is 6.71. The molecule has 0 unspecified atom stereocenters. The summed E-state index contributed by atoms with van der Waals surface area (Å²) in [5, 5.41) is 57.7. The molecule has 0 saturated carbocycles. The number of fused-ring (bicyclic) bond motifs is 3. The van der Waals surface area contributed by atoms with Gasteiger partial charge < -0.3 is 30.6 Å². The van der Waals surface area contributed by atoms with Crippen molar-refractivity contribution in [3.63, 3.8) is 0 Å². The summed E-state index contributed by atoms with van der Waals surface area (Å²) in [4.78, 5) is 65.4. The van der Waals surface area contributed by atoms with Crippen LogP contribution in [0.2, 0.25) is 0 Å². The number of benzene rings is 6. The molecule has 6 aromatic carbocycles. The fourth-order valence-corrected chi connectivity index (χ4v) is 4.78. The maximum Gasteiger partial charge on any atom is 0.336 e. The molecule has 6 rings (SSSR count). The molecule has 6 N–H and O–H groups in total. The Morgan fingerprint density at radius 3 is 0.500 bits per heavy atom.